The average Bonchev–Trinajstić information content (AvgIpc) is 2.41. The number of aromatic nitrogens is 2. The lowest BCUT2D eigenvalue weighted by molar-refractivity contribution is -0.116. The highest BCUT2D eigenvalue weighted by atomic mass is 32.2. The SMILES string of the molecule is CSc1nc(C)cc(=O)n1CC(=O)Nc1cccc(C)c1. The molecule has 1 amide bonds. The number of hydrogen-bond acceptors (Lipinski definition) is 4. The van der Waals surface area contributed by atoms with E-state index in [2.05, 4.69) is 10.3 Å². The van der Waals surface area contributed by atoms with Gasteiger partial charge < -0.3 is 5.32 Å². The first-order chi connectivity index (χ1) is 9.99. The van der Waals surface area contributed by atoms with Crippen molar-refractivity contribution in [2.24, 2.45) is 0 Å². The maximum Gasteiger partial charge on any atom is 0.254 e. The lowest BCUT2D eigenvalue weighted by atomic mass is 10.2. The predicted molar refractivity (Wildman–Crippen MR) is 84.8 cm³/mol. The van der Waals surface area contributed by atoms with Crippen molar-refractivity contribution in [3.05, 3.63) is 51.9 Å². The number of carbonyl (C=O) groups is 1. The molecular formula is C15H17N3O2S. The molecule has 2 rings (SSSR count). The largest absolute Gasteiger partial charge is 0.325 e. The minimum absolute atomic E-state index is 0.0454. The number of thioether (sulfide) groups is 1. The van der Waals surface area contributed by atoms with Crippen LogP contribution in [0.2, 0.25) is 0 Å². The summed E-state index contributed by atoms with van der Waals surface area (Å²) in [4.78, 5) is 28.4. The fourth-order valence-corrected chi connectivity index (χ4v) is 2.57. The van der Waals surface area contributed by atoms with Crippen LogP contribution < -0.4 is 10.9 Å². The molecule has 21 heavy (non-hydrogen) atoms. The van der Waals surface area contributed by atoms with Crippen LogP contribution in [-0.2, 0) is 11.3 Å². The fourth-order valence-electron chi connectivity index (χ4n) is 1.96. The number of hydrogen-bond donors (Lipinski definition) is 1. The van der Waals surface area contributed by atoms with Gasteiger partial charge in [-0.25, -0.2) is 4.98 Å². The number of carbonyl (C=O) groups excluding carboxylic acids is 1. The number of nitrogens with one attached hydrogen (secondary N) is 1. The number of amides is 1. The predicted octanol–water partition coefficient (Wildman–Crippen LogP) is 2.22. The monoisotopic (exact) mass is 303 g/mol. The summed E-state index contributed by atoms with van der Waals surface area (Å²) >= 11 is 1.35. The normalized spacial score (nSPS) is 10.4. The smallest absolute Gasteiger partial charge is 0.254 e. The molecule has 0 fully saturated rings. The fraction of sp³-hybridized carbons (Fsp3) is 0.267. The molecule has 6 heteroatoms. The zero-order chi connectivity index (χ0) is 15.4. The van der Waals surface area contributed by atoms with Crippen LogP contribution >= 0.6 is 11.8 Å². The Kier molecular flexibility index (Phi) is 4.80. The first-order valence-corrected chi connectivity index (χ1v) is 7.71. The molecule has 1 aromatic heterocycles. The van der Waals surface area contributed by atoms with Crippen molar-refractivity contribution in [3.8, 4) is 0 Å². The minimum atomic E-state index is -0.247. The lowest BCUT2D eigenvalue weighted by Gasteiger charge is -2.11. The van der Waals surface area contributed by atoms with Crippen LogP contribution in [0, 0.1) is 13.8 Å². The van der Waals surface area contributed by atoms with Gasteiger partial charge in [-0.05, 0) is 37.8 Å². The molecule has 5 nitrogen and oxygen atoms in total. The number of benzene rings is 1. The Morgan fingerprint density at radius 3 is 2.76 bits per heavy atom. The average molecular weight is 303 g/mol. The number of rotatable bonds is 4. The van der Waals surface area contributed by atoms with Gasteiger partial charge in [0.1, 0.15) is 6.54 Å². The molecule has 110 valence electrons. The second-order valence-corrected chi connectivity index (χ2v) is 5.50. The Morgan fingerprint density at radius 2 is 2.10 bits per heavy atom. The van der Waals surface area contributed by atoms with Crippen LogP contribution in [0.15, 0.2) is 40.3 Å². The Morgan fingerprint density at radius 1 is 1.33 bits per heavy atom. The summed E-state index contributed by atoms with van der Waals surface area (Å²) in [6.07, 6.45) is 1.83. The van der Waals surface area contributed by atoms with Gasteiger partial charge in [0.05, 0.1) is 0 Å². The topological polar surface area (TPSA) is 64.0 Å². The van der Waals surface area contributed by atoms with Crippen LogP contribution in [0.4, 0.5) is 5.69 Å². The molecule has 0 unspecified atom stereocenters. The van der Waals surface area contributed by atoms with E-state index in [1.165, 1.54) is 22.4 Å². The van der Waals surface area contributed by atoms with E-state index < -0.39 is 0 Å². The molecule has 0 spiro atoms. The molecule has 1 aromatic carbocycles. The van der Waals surface area contributed by atoms with Crippen LogP contribution in [0.1, 0.15) is 11.3 Å². The Bertz CT molecular complexity index is 725. The van der Waals surface area contributed by atoms with Crippen molar-refractivity contribution in [1.29, 1.82) is 0 Å². The number of anilines is 1. The van der Waals surface area contributed by atoms with Gasteiger partial charge in [-0.2, -0.15) is 0 Å². The Labute approximate surface area is 127 Å². The minimum Gasteiger partial charge on any atom is -0.325 e. The van der Waals surface area contributed by atoms with E-state index in [-0.39, 0.29) is 18.0 Å². The van der Waals surface area contributed by atoms with Crippen LogP contribution in [0.25, 0.3) is 0 Å². The van der Waals surface area contributed by atoms with E-state index in [0.29, 0.717) is 10.9 Å². The van der Waals surface area contributed by atoms with Crippen LogP contribution in [0.5, 0.6) is 0 Å². The first-order valence-electron chi connectivity index (χ1n) is 6.48. The maximum atomic E-state index is 12.1. The van der Waals surface area contributed by atoms with E-state index in [1.807, 2.05) is 37.4 Å². The van der Waals surface area contributed by atoms with Crippen molar-refractivity contribution in [2.45, 2.75) is 25.5 Å². The first kappa shape index (κ1) is 15.3. The summed E-state index contributed by atoms with van der Waals surface area (Å²) in [5, 5.41) is 3.33. The molecule has 0 aliphatic rings. The molecule has 0 saturated heterocycles. The van der Waals surface area contributed by atoms with Crippen molar-refractivity contribution in [3.63, 3.8) is 0 Å². The highest BCUT2D eigenvalue weighted by Gasteiger charge is 2.11. The van der Waals surface area contributed by atoms with Crippen molar-refractivity contribution in [1.82, 2.24) is 9.55 Å². The Balaban J connectivity index is 2.18. The molecule has 0 atom stereocenters. The van der Waals surface area contributed by atoms with Crippen molar-refractivity contribution >= 4 is 23.4 Å². The molecule has 0 aliphatic carbocycles. The number of nitrogens with zero attached hydrogens (tertiary/aromatic N) is 2. The van der Waals surface area contributed by atoms with Gasteiger partial charge >= 0.3 is 0 Å². The van der Waals surface area contributed by atoms with E-state index in [1.54, 1.807) is 6.92 Å². The van der Waals surface area contributed by atoms with Crippen molar-refractivity contribution in [2.75, 3.05) is 11.6 Å². The van der Waals surface area contributed by atoms with Gasteiger partial charge in [0.15, 0.2) is 5.16 Å². The maximum absolute atomic E-state index is 12.1. The van der Waals surface area contributed by atoms with Gasteiger partial charge in [-0.15, -0.1) is 0 Å². The van der Waals surface area contributed by atoms with Gasteiger partial charge in [0, 0.05) is 17.4 Å². The highest BCUT2D eigenvalue weighted by Crippen LogP contribution is 2.12. The van der Waals surface area contributed by atoms with E-state index in [0.717, 1.165) is 11.3 Å². The van der Waals surface area contributed by atoms with Gasteiger partial charge in [0.2, 0.25) is 5.91 Å². The molecule has 0 radical (unpaired) electrons. The third-order valence-electron chi connectivity index (χ3n) is 2.89. The van der Waals surface area contributed by atoms with Crippen LogP contribution in [0.3, 0.4) is 0 Å². The molecule has 2 aromatic rings. The molecule has 1 N–H and O–H groups in total. The van der Waals surface area contributed by atoms with Gasteiger partial charge in [0.25, 0.3) is 5.56 Å². The Hall–Kier alpha value is -2.08. The molecule has 0 bridgehead atoms. The summed E-state index contributed by atoms with van der Waals surface area (Å²) in [7, 11) is 0. The quantitative estimate of drug-likeness (QED) is 0.695. The summed E-state index contributed by atoms with van der Waals surface area (Å²) < 4.78 is 1.38. The zero-order valence-corrected chi connectivity index (χ0v) is 13.0. The van der Waals surface area contributed by atoms with Crippen molar-refractivity contribution < 1.29 is 4.79 Å². The highest BCUT2D eigenvalue weighted by molar-refractivity contribution is 7.98. The lowest BCUT2D eigenvalue weighted by Crippen LogP contribution is -2.29. The zero-order valence-electron chi connectivity index (χ0n) is 12.2. The second kappa shape index (κ2) is 6.58. The third kappa shape index (κ3) is 3.95. The van der Waals surface area contributed by atoms with Gasteiger partial charge in [-0.3, -0.25) is 14.2 Å². The summed E-state index contributed by atoms with van der Waals surface area (Å²) in [6, 6.07) is 8.95. The van der Waals surface area contributed by atoms with E-state index >= 15 is 0 Å². The van der Waals surface area contributed by atoms with Crippen LogP contribution in [-0.4, -0.2) is 21.7 Å². The second-order valence-electron chi connectivity index (χ2n) is 4.73. The number of aryl methyl sites for hydroxylation is 2. The van der Waals surface area contributed by atoms with E-state index in [9.17, 15) is 9.59 Å². The molecule has 1 heterocycles. The molecule has 0 saturated carbocycles. The molecular weight excluding hydrogens is 286 g/mol. The van der Waals surface area contributed by atoms with Gasteiger partial charge in [-0.1, -0.05) is 23.9 Å². The summed E-state index contributed by atoms with van der Waals surface area (Å²) in [5.74, 6) is -0.247. The standard InChI is InChI=1S/C15H17N3O2S/c1-10-5-4-6-12(7-10)17-13(19)9-18-14(20)8-11(2)16-15(18)21-3/h4-8H,9H2,1-3H3,(H,17,19). The van der Waals surface area contributed by atoms with E-state index in [4.69, 9.17) is 0 Å². The third-order valence-corrected chi connectivity index (χ3v) is 3.56. The summed E-state index contributed by atoms with van der Waals surface area (Å²) in [5.41, 5.74) is 2.22. The molecule has 0 aliphatic heterocycles. The summed E-state index contributed by atoms with van der Waals surface area (Å²) in [6.45, 7) is 3.67.